The molecule has 0 aliphatic carbocycles. The Morgan fingerprint density at radius 2 is 1.72 bits per heavy atom. The van der Waals surface area contributed by atoms with Gasteiger partial charge in [0.15, 0.2) is 0 Å². The number of benzene rings is 2. The second kappa shape index (κ2) is 10.3. The largest absolute Gasteiger partial charge is 0.497 e. The molecule has 0 aromatic heterocycles. The van der Waals surface area contributed by atoms with Crippen molar-refractivity contribution in [2.24, 2.45) is 0 Å². The summed E-state index contributed by atoms with van der Waals surface area (Å²) in [6, 6.07) is 14.9. The maximum absolute atomic E-state index is 12.3. The predicted molar refractivity (Wildman–Crippen MR) is 117 cm³/mol. The number of ether oxygens (including phenoxy) is 1. The molecule has 0 spiro atoms. The first-order chi connectivity index (χ1) is 13.7. The van der Waals surface area contributed by atoms with Gasteiger partial charge in [-0.2, -0.15) is 0 Å². The molecule has 2 rings (SSSR count). The van der Waals surface area contributed by atoms with E-state index >= 15 is 0 Å². The third kappa shape index (κ3) is 6.78. The lowest BCUT2D eigenvalue weighted by atomic mass is 10.1. The highest BCUT2D eigenvalue weighted by Gasteiger charge is 2.18. The smallest absolute Gasteiger partial charge is 0.232 e. The molecular weight excluding hydrogens is 388 g/mol. The fourth-order valence-corrected chi connectivity index (χ4v) is 4.02. The Hall–Kier alpha value is -2.54. The Kier molecular flexibility index (Phi) is 8.08. The number of amides is 1. The molecule has 0 saturated heterocycles. The number of nitrogens with zero attached hydrogens (tertiary/aromatic N) is 1. The minimum absolute atomic E-state index is 0.108. The SMILES string of the molecule is CCc1ccc(N(CCCC(=O)N[C@@H](C)c2ccc(OC)cc2)S(C)(=O)=O)cc1. The third-order valence-corrected chi connectivity index (χ3v) is 5.99. The molecule has 0 aliphatic heterocycles. The van der Waals surface area contributed by atoms with E-state index in [2.05, 4.69) is 12.2 Å². The molecule has 1 atom stereocenters. The number of carbonyl (C=O) groups excluding carboxylic acids is 1. The van der Waals surface area contributed by atoms with Crippen LogP contribution in [0.2, 0.25) is 0 Å². The molecule has 0 bridgehead atoms. The van der Waals surface area contributed by atoms with Crippen LogP contribution in [0.25, 0.3) is 0 Å². The number of methoxy groups -OCH3 is 1. The first-order valence-corrected chi connectivity index (χ1v) is 11.6. The van der Waals surface area contributed by atoms with Crippen molar-refractivity contribution in [2.45, 2.75) is 39.2 Å². The number of sulfonamides is 1. The van der Waals surface area contributed by atoms with E-state index in [0.29, 0.717) is 12.1 Å². The number of carbonyl (C=O) groups is 1. The molecule has 7 heteroatoms. The summed E-state index contributed by atoms with van der Waals surface area (Å²) in [5.41, 5.74) is 2.75. The van der Waals surface area contributed by atoms with Crippen molar-refractivity contribution in [2.75, 3.05) is 24.2 Å². The number of rotatable bonds is 10. The average Bonchev–Trinajstić information content (AvgIpc) is 2.70. The van der Waals surface area contributed by atoms with Crippen LogP contribution in [0.1, 0.15) is 43.9 Å². The van der Waals surface area contributed by atoms with Gasteiger partial charge in [0.2, 0.25) is 15.9 Å². The molecular formula is C22H30N2O4S. The zero-order valence-electron chi connectivity index (χ0n) is 17.5. The monoisotopic (exact) mass is 418 g/mol. The second-order valence-electron chi connectivity index (χ2n) is 7.02. The van der Waals surface area contributed by atoms with Crippen LogP contribution in [0.15, 0.2) is 48.5 Å². The molecule has 0 heterocycles. The number of anilines is 1. The lowest BCUT2D eigenvalue weighted by molar-refractivity contribution is -0.121. The molecule has 1 N–H and O–H groups in total. The summed E-state index contributed by atoms with van der Waals surface area (Å²) in [6.45, 7) is 4.22. The van der Waals surface area contributed by atoms with Crippen LogP contribution in [0.3, 0.4) is 0 Å². The van der Waals surface area contributed by atoms with E-state index in [1.54, 1.807) is 7.11 Å². The van der Waals surface area contributed by atoms with E-state index in [1.807, 2.05) is 55.5 Å². The topological polar surface area (TPSA) is 75.7 Å². The Morgan fingerprint density at radius 3 is 2.24 bits per heavy atom. The first kappa shape index (κ1) is 22.7. The van der Waals surface area contributed by atoms with Crippen molar-refractivity contribution in [1.29, 1.82) is 0 Å². The van der Waals surface area contributed by atoms with E-state index in [0.717, 1.165) is 23.3 Å². The van der Waals surface area contributed by atoms with Crippen LogP contribution < -0.4 is 14.4 Å². The minimum atomic E-state index is -3.42. The average molecular weight is 419 g/mol. The molecule has 0 radical (unpaired) electrons. The molecule has 1 amide bonds. The maximum Gasteiger partial charge on any atom is 0.232 e. The van der Waals surface area contributed by atoms with Gasteiger partial charge in [0, 0.05) is 13.0 Å². The van der Waals surface area contributed by atoms with Crippen LogP contribution in [0.5, 0.6) is 5.75 Å². The molecule has 0 aliphatic rings. The molecule has 2 aromatic carbocycles. The summed E-state index contributed by atoms with van der Waals surface area (Å²) in [5, 5.41) is 2.95. The van der Waals surface area contributed by atoms with Gasteiger partial charge in [-0.25, -0.2) is 8.42 Å². The standard InChI is InChI=1S/C22H30N2O4S/c1-5-18-8-12-20(13-9-18)24(29(4,26)27)16-6-7-22(25)23-17(2)19-10-14-21(28-3)15-11-19/h8-15,17H,5-7,16H2,1-4H3,(H,23,25)/t17-/m0/s1. The van der Waals surface area contributed by atoms with Gasteiger partial charge in [-0.05, 0) is 55.2 Å². The van der Waals surface area contributed by atoms with Gasteiger partial charge in [0.1, 0.15) is 5.75 Å². The molecule has 0 fully saturated rings. The van der Waals surface area contributed by atoms with Crippen LogP contribution in [0.4, 0.5) is 5.69 Å². The number of nitrogens with one attached hydrogen (secondary N) is 1. The Balaban J connectivity index is 1.91. The summed E-state index contributed by atoms with van der Waals surface area (Å²) in [4.78, 5) is 12.3. The van der Waals surface area contributed by atoms with Crippen molar-refractivity contribution in [3.63, 3.8) is 0 Å². The van der Waals surface area contributed by atoms with Crippen molar-refractivity contribution in [3.8, 4) is 5.75 Å². The van der Waals surface area contributed by atoms with Crippen LogP contribution in [0, 0.1) is 0 Å². The number of hydrogen-bond acceptors (Lipinski definition) is 4. The summed E-state index contributed by atoms with van der Waals surface area (Å²) < 4.78 is 30.9. The highest BCUT2D eigenvalue weighted by Crippen LogP contribution is 2.20. The summed E-state index contributed by atoms with van der Waals surface area (Å²) >= 11 is 0. The summed E-state index contributed by atoms with van der Waals surface area (Å²) in [5.74, 6) is 0.656. The Labute approximate surface area is 173 Å². The zero-order valence-corrected chi connectivity index (χ0v) is 18.3. The Morgan fingerprint density at radius 1 is 1.10 bits per heavy atom. The summed E-state index contributed by atoms with van der Waals surface area (Å²) in [7, 11) is -1.81. The van der Waals surface area contributed by atoms with E-state index in [9.17, 15) is 13.2 Å². The van der Waals surface area contributed by atoms with Crippen molar-refractivity contribution < 1.29 is 17.9 Å². The molecule has 2 aromatic rings. The van der Waals surface area contributed by atoms with Crippen LogP contribution in [-0.2, 0) is 21.2 Å². The lowest BCUT2D eigenvalue weighted by Gasteiger charge is -2.23. The molecule has 0 unspecified atom stereocenters. The van der Waals surface area contributed by atoms with Gasteiger partial charge in [0.25, 0.3) is 0 Å². The van der Waals surface area contributed by atoms with Gasteiger partial charge >= 0.3 is 0 Å². The highest BCUT2D eigenvalue weighted by atomic mass is 32.2. The quantitative estimate of drug-likeness (QED) is 0.639. The first-order valence-electron chi connectivity index (χ1n) is 9.74. The summed E-state index contributed by atoms with van der Waals surface area (Å²) in [6.07, 6.45) is 2.77. The molecule has 6 nitrogen and oxygen atoms in total. The molecule has 0 saturated carbocycles. The van der Waals surface area contributed by atoms with Gasteiger partial charge < -0.3 is 10.1 Å². The van der Waals surface area contributed by atoms with Gasteiger partial charge in [-0.1, -0.05) is 31.2 Å². The van der Waals surface area contributed by atoms with E-state index in [-0.39, 0.29) is 24.9 Å². The second-order valence-corrected chi connectivity index (χ2v) is 8.93. The fourth-order valence-electron chi connectivity index (χ4n) is 3.06. The van der Waals surface area contributed by atoms with Gasteiger partial charge in [-0.15, -0.1) is 0 Å². The van der Waals surface area contributed by atoms with Crippen molar-refractivity contribution >= 4 is 21.6 Å². The normalized spacial score (nSPS) is 12.3. The Bertz CT molecular complexity index is 893. The van der Waals surface area contributed by atoms with E-state index < -0.39 is 10.0 Å². The lowest BCUT2D eigenvalue weighted by Crippen LogP contribution is -2.32. The molecule has 29 heavy (non-hydrogen) atoms. The van der Waals surface area contributed by atoms with E-state index in [1.165, 1.54) is 10.6 Å². The number of aryl methyl sites for hydroxylation is 1. The van der Waals surface area contributed by atoms with Crippen molar-refractivity contribution in [1.82, 2.24) is 5.32 Å². The van der Waals surface area contributed by atoms with Gasteiger partial charge in [0.05, 0.1) is 25.1 Å². The fraction of sp³-hybridized carbons (Fsp3) is 0.409. The van der Waals surface area contributed by atoms with Crippen LogP contribution >= 0.6 is 0 Å². The van der Waals surface area contributed by atoms with Gasteiger partial charge in [-0.3, -0.25) is 9.10 Å². The number of hydrogen-bond donors (Lipinski definition) is 1. The maximum atomic E-state index is 12.3. The zero-order chi connectivity index (χ0) is 21.4. The van der Waals surface area contributed by atoms with Crippen LogP contribution in [-0.4, -0.2) is 34.2 Å². The predicted octanol–water partition coefficient (Wildman–Crippen LogP) is 3.68. The van der Waals surface area contributed by atoms with E-state index in [4.69, 9.17) is 4.74 Å². The third-order valence-electron chi connectivity index (χ3n) is 4.79. The highest BCUT2D eigenvalue weighted by molar-refractivity contribution is 7.92. The minimum Gasteiger partial charge on any atom is -0.497 e. The molecule has 158 valence electrons. The van der Waals surface area contributed by atoms with Crippen molar-refractivity contribution in [3.05, 3.63) is 59.7 Å².